The van der Waals surface area contributed by atoms with Gasteiger partial charge in [-0.1, -0.05) is 65.7 Å². The lowest BCUT2D eigenvalue weighted by Crippen LogP contribution is -2.46. The molecule has 9 heteroatoms. The lowest BCUT2D eigenvalue weighted by molar-refractivity contribution is -0.142. The van der Waals surface area contributed by atoms with Gasteiger partial charge >= 0.3 is 11.9 Å². The number of benzene rings is 3. The highest BCUT2D eigenvalue weighted by atomic mass is 35.5. The molecule has 38 heavy (non-hydrogen) atoms. The maximum absolute atomic E-state index is 13.7. The maximum atomic E-state index is 13.7. The molecule has 1 amide bonds. The summed E-state index contributed by atoms with van der Waals surface area (Å²) in [4.78, 5) is 39.0. The Morgan fingerprint density at radius 1 is 0.947 bits per heavy atom. The number of rotatable bonds is 9. The number of aliphatic carboxylic acids is 1. The molecular weight excluding hydrogens is 529 g/mol. The van der Waals surface area contributed by atoms with Crippen LogP contribution in [0.2, 0.25) is 10.0 Å². The van der Waals surface area contributed by atoms with Crippen molar-refractivity contribution in [2.45, 2.75) is 19.0 Å². The number of carboxylic acids is 1. The van der Waals surface area contributed by atoms with Crippen LogP contribution in [-0.4, -0.2) is 41.0 Å². The van der Waals surface area contributed by atoms with Crippen LogP contribution in [0.25, 0.3) is 11.3 Å². The average molecular weight is 552 g/mol. The van der Waals surface area contributed by atoms with Crippen LogP contribution in [0.1, 0.15) is 32.0 Å². The third-order valence-corrected chi connectivity index (χ3v) is 6.48. The van der Waals surface area contributed by atoms with Gasteiger partial charge in [-0.05, 0) is 48.0 Å². The van der Waals surface area contributed by atoms with Gasteiger partial charge in [-0.25, -0.2) is 9.59 Å². The quantitative estimate of drug-likeness (QED) is 0.242. The monoisotopic (exact) mass is 551 g/mol. The van der Waals surface area contributed by atoms with Gasteiger partial charge in [0.15, 0.2) is 0 Å². The van der Waals surface area contributed by atoms with E-state index in [2.05, 4.69) is 0 Å². The van der Waals surface area contributed by atoms with E-state index in [9.17, 15) is 19.5 Å². The van der Waals surface area contributed by atoms with Gasteiger partial charge in [0.2, 0.25) is 0 Å². The molecule has 0 radical (unpaired) electrons. The zero-order chi connectivity index (χ0) is 27.2. The number of esters is 1. The number of ether oxygens (including phenoxy) is 1. The summed E-state index contributed by atoms with van der Waals surface area (Å²) in [6, 6.07) is 22.3. The van der Waals surface area contributed by atoms with E-state index in [1.54, 1.807) is 60.7 Å². The Morgan fingerprint density at radius 3 is 2.29 bits per heavy atom. The number of methoxy groups -OCH3 is 1. The van der Waals surface area contributed by atoms with Gasteiger partial charge in [0, 0.05) is 17.0 Å². The number of amides is 1. The first-order valence-electron chi connectivity index (χ1n) is 11.6. The van der Waals surface area contributed by atoms with Crippen molar-refractivity contribution in [2.75, 3.05) is 7.11 Å². The fourth-order valence-electron chi connectivity index (χ4n) is 3.98. The van der Waals surface area contributed by atoms with Crippen LogP contribution in [0.4, 0.5) is 0 Å². The Labute approximate surface area is 229 Å². The third kappa shape index (κ3) is 6.25. The molecule has 4 rings (SSSR count). The molecule has 0 aliphatic carbocycles. The van der Waals surface area contributed by atoms with Crippen molar-refractivity contribution in [3.8, 4) is 11.3 Å². The molecule has 4 aromatic rings. The number of hydrogen-bond acceptors (Lipinski definition) is 5. The van der Waals surface area contributed by atoms with E-state index in [4.69, 9.17) is 32.4 Å². The lowest BCUT2D eigenvalue weighted by Gasteiger charge is -2.29. The standard InChI is InChI=1S/C29H23Cl2NO6/c1-37-29(36)20-9-7-19(8-10-20)26-14-12-22(38-26)17-32(27(33)23-13-11-21(30)16-24(23)31)25(28(34)35)15-18-5-3-2-4-6-18/h2-14,16,25H,15,17H2,1H3,(H,34,35)/t25-/m0/s1. The zero-order valence-corrected chi connectivity index (χ0v) is 21.8. The predicted octanol–water partition coefficient (Wildman–Crippen LogP) is 6.38. The molecule has 0 aliphatic heterocycles. The zero-order valence-electron chi connectivity index (χ0n) is 20.3. The minimum absolute atomic E-state index is 0.0790. The van der Waals surface area contributed by atoms with E-state index < -0.39 is 23.9 Å². The molecule has 1 heterocycles. The smallest absolute Gasteiger partial charge is 0.337 e. The topological polar surface area (TPSA) is 97.0 Å². The molecule has 0 saturated heterocycles. The van der Waals surface area contributed by atoms with E-state index in [0.29, 0.717) is 27.7 Å². The second-order valence-electron chi connectivity index (χ2n) is 8.44. The molecule has 0 unspecified atom stereocenters. The summed E-state index contributed by atoms with van der Waals surface area (Å²) in [5.41, 5.74) is 1.97. The Morgan fingerprint density at radius 2 is 1.66 bits per heavy atom. The van der Waals surface area contributed by atoms with E-state index in [0.717, 1.165) is 5.56 Å². The lowest BCUT2D eigenvalue weighted by atomic mass is 10.0. The van der Waals surface area contributed by atoms with Crippen LogP contribution in [0, 0.1) is 0 Å². The summed E-state index contributed by atoms with van der Waals surface area (Å²) in [6.07, 6.45) is 0.0790. The van der Waals surface area contributed by atoms with Crippen molar-refractivity contribution in [1.82, 2.24) is 4.90 Å². The summed E-state index contributed by atoms with van der Waals surface area (Å²) in [5, 5.41) is 10.6. The van der Waals surface area contributed by atoms with Crippen molar-refractivity contribution in [1.29, 1.82) is 0 Å². The predicted molar refractivity (Wildman–Crippen MR) is 143 cm³/mol. The van der Waals surface area contributed by atoms with Gasteiger partial charge in [0.05, 0.1) is 29.8 Å². The van der Waals surface area contributed by atoms with Gasteiger partial charge in [0.25, 0.3) is 5.91 Å². The third-order valence-electron chi connectivity index (χ3n) is 5.93. The molecule has 1 N–H and O–H groups in total. The van der Waals surface area contributed by atoms with Crippen LogP contribution >= 0.6 is 23.2 Å². The van der Waals surface area contributed by atoms with Crippen LogP contribution in [0.5, 0.6) is 0 Å². The fourth-order valence-corrected chi connectivity index (χ4v) is 4.47. The molecule has 194 valence electrons. The minimum atomic E-state index is -1.20. The van der Waals surface area contributed by atoms with E-state index in [1.807, 2.05) is 6.07 Å². The van der Waals surface area contributed by atoms with Gasteiger partial charge in [0.1, 0.15) is 17.6 Å². The van der Waals surface area contributed by atoms with Gasteiger partial charge in [-0.3, -0.25) is 4.79 Å². The number of furan rings is 1. The Bertz CT molecular complexity index is 1450. The molecule has 7 nitrogen and oxygen atoms in total. The summed E-state index contributed by atoms with van der Waals surface area (Å²) < 4.78 is 10.7. The number of carboxylic acid groups (broad SMARTS) is 1. The van der Waals surface area contributed by atoms with Crippen molar-refractivity contribution in [3.63, 3.8) is 0 Å². The summed E-state index contributed by atoms with van der Waals surface area (Å²) in [7, 11) is 1.31. The van der Waals surface area contributed by atoms with E-state index in [1.165, 1.54) is 30.2 Å². The number of carbonyl (C=O) groups is 3. The Balaban J connectivity index is 1.67. The van der Waals surface area contributed by atoms with Gasteiger partial charge in [-0.15, -0.1) is 0 Å². The van der Waals surface area contributed by atoms with E-state index >= 15 is 0 Å². The molecule has 0 spiro atoms. The van der Waals surface area contributed by atoms with E-state index in [-0.39, 0.29) is 23.6 Å². The first-order chi connectivity index (χ1) is 18.3. The van der Waals surface area contributed by atoms with Gasteiger partial charge < -0.3 is 19.2 Å². The SMILES string of the molecule is COC(=O)c1ccc(-c2ccc(CN(C(=O)c3ccc(Cl)cc3Cl)[C@@H](Cc3ccccc3)C(=O)O)o2)cc1. The first-order valence-corrected chi connectivity index (χ1v) is 12.3. The largest absolute Gasteiger partial charge is 0.480 e. The molecule has 3 aromatic carbocycles. The summed E-state index contributed by atoms with van der Waals surface area (Å²) in [5.74, 6) is -1.34. The molecule has 1 atom stereocenters. The van der Waals surface area contributed by atoms with Crippen molar-refractivity contribution < 1.29 is 28.6 Å². The molecule has 0 bridgehead atoms. The van der Waals surface area contributed by atoms with Crippen molar-refractivity contribution >= 4 is 41.0 Å². The molecule has 0 aliphatic rings. The second-order valence-corrected chi connectivity index (χ2v) is 9.28. The first kappa shape index (κ1) is 27.0. The number of halogens is 2. The van der Waals surface area contributed by atoms with Crippen LogP contribution in [0.3, 0.4) is 0 Å². The molecule has 0 fully saturated rings. The summed E-state index contributed by atoms with van der Waals surface area (Å²) >= 11 is 12.3. The number of nitrogens with zero attached hydrogens (tertiary/aromatic N) is 1. The molecular formula is C29H23Cl2NO6. The maximum Gasteiger partial charge on any atom is 0.337 e. The molecule has 1 aromatic heterocycles. The highest BCUT2D eigenvalue weighted by Gasteiger charge is 2.32. The van der Waals surface area contributed by atoms with Crippen molar-refractivity contribution in [3.05, 3.63) is 117 Å². The van der Waals surface area contributed by atoms with Crippen molar-refractivity contribution in [2.24, 2.45) is 0 Å². The number of carbonyl (C=O) groups excluding carboxylic acids is 2. The average Bonchev–Trinajstić information content (AvgIpc) is 3.39. The highest BCUT2D eigenvalue weighted by molar-refractivity contribution is 6.36. The van der Waals surface area contributed by atoms with Gasteiger partial charge in [-0.2, -0.15) is 0 Å². The molecule has 0 saturated carbocycles. The minimum Gasteiger partial charge on any atom is -0.480 e. The van der Waals surface area contributed by atoms with Crippen LogP contribution in [0.15, 0.2) is 89.3 Å². The Hall–Kier alpha value is -4.07. The number of hydrogen-bond donors (Lipinski definition) is 1. The van der Waals surface area contributed by atoms with Crippen LogP contribution < -0.4 is 0 Å². The highest BCUT2D eigenvalue weighted by Crippen LogP contribution is 2.27. The summed E-state index contributed by atoms with van der Waals surface area (Å²) in [6.45, 7) is -0.123. The van der Waals surface area contributed by atoms with Crippen LogP contribution in [-0.2, 0) is 22.5 Å². The second kappa shape index (κ2) is 12.0. The normalized spacial score (nSPS) is 11.6. The Kier molecular flexibility index (Phi) is 8.51. The fraction of sp³-hybridized carbons (Fsp3) is 0.138.